The first-order valence-corrected chi connectivity index (χ1v) is 11.1. The quantitative estimate of drug-likeness (QED) is 0.630. The molecule has 0 N–H and O–H groups in total. The zero-order valence-corrected chi connectivity index (χ0v) is 17.6. The largest absolute Gasteiger partial charge is 0.484 e. The highest BCUT2D eigenvalue weighted by Crippen LogP contribution is 2.44. The van der Waals surface area contributed by atoms with E-state index in [9.17, 15) is 14.4 Å². The summed E-state index contributed by atoms with van der Waals surface area (Å²) in [6, 6.07) is 9.33. The van der Waals surface area contributed by atoms with Crippen LogP contribution < -0.4 is 4.74 Å². The van der Waals surface area contributed by atoms with Gasteiger partial charge in [0.05, 0.1) is 17.9 Å². The van der Waals surface area contributed by atoms with Crippen molar-refractivity contribution in [2.45, 2.75) is 37.5 Å². The van der Waals surface area contributed by atoms with Gasteiger partial charge in [-0.25, -0.2) is 0 Å². The Kier molecular flexibility index (Phi) is 7.41. The van der Waals surface area contributed by atoms with E-state index in [0.717, 1.165) is 18.6 Å². The van der Waals surface area contributed by atoms with Crippen LogP contribution in [0.25, 0.3) is 0 Å². The fourth-order valence-electron chi connectivity index (χ4n) is 3.82. The van der Waals surface area contributed by atoms with Gasteiger partial charge in [-0.2, -0.15) is 0 Å². The number of hydrogen-bond donors (Lipinski definition) is 0. The lowest BCUT2D eigenvalue weighted by Crippen LogP contribution is -2.54. The average Bonchev–Trinajstić information content (AvgIpc) is 3.15. The molecule has 2 aliphatic heterocycles. The van der Waals surface area contributed by atoms with Gasteiger partial charge in [0.1, 0.15) is 5.75 Å². The molecule has 0 aromatic heterocycles. The highest BCUT2D eigenvalue weighted by atomic mass is 32.2. The molecule has 2 amide bonds. The summed E-state index contributed by atoms with van der Waals surface area (Å²) >= 11 is 1.80. The lowest BCUT2D eigenvalue weighted by molar-refractivity contribution is -0.146. The van der Waals surface area contributed by atoms with Crippen LogP contribution in [0.3, 0.4) is 0 Å². The zero-order valence-electron chi connectivity index (χ0n) is 16.8. The van der Waals surface area contributed by atoms with Crippen LogP contribution >= 0.6 is 11.8 Å². The molecular formula is C21H28N2O5S. The molecular weight excluding hydrogens is 392 g/mol. The van der Waals surface area contributed by atoms with Gasteiger partial charge in [-0.1, -0.05) is 18.2 Å². The average molecular weight is 421 g/mol. The molecule has 7 nitrogen and oxygen atoms in total. The number of rotatable bonds is 7. The molecule has 2 aliphatic rings. The number of carbonyl (C=O) groups excluding carboxylic acids is 3. The number of ether oxygens (including phenoxy) is 2. The molecule has 3 rings (SSSR count). The third kappa shape index (κ3) is 5.44. The lowest BCUT2D eigenvalue weighted by Gasteiger charge is -2.44. The van der Waals surface area contributed by atoms with Crippen molar-refractivity contribution in [3.63, 3.8) is 0 Å². The van der Waals surface area contributed by atoms with E-state index in [4.69, 9.17) is 9.47 Å². The van der Waals surface area contributed by atoms with Crippen LogP contribution in [0.2, 0.25) is 0 Å². The van der Waals surface area contributed by atoms with Gasteiger partial charge in [-0.05, 0) is 31.9 Å². The Morgan fingerprint density at radius 1 is 1.03 bits per heavy atom. The van der Waals surface area contributed by atoms with E-state index >= 15 is 0 Å². The van der Waals surface area contributed by atoms with Crippen molar-refractivity contribution in [3.05, 3.63) is 30.3 Å². The molecule has 1 aromatic rings. The van der Waals surface area contributed by atoms with Crippen LogP contribution in [0.1, 0.15) is 32.6 Å². The van der Waals surface area contributed by atoms with Crippen LogP contribution in [0.15, 0.2) is 30.3 Å². The Bertz CT molecular complexity index is 719. The summed E-state index contributed by atoms with van der Waals surface area (Å²) in [5.74, 6) is 1.20. The minimum absolute atomic E-state index is 0.0130. The Morgan fingerprint density at radius 3 is 2.45 bits per heavy atom. The Hall–Kier alpha value is -2.22. The fourth-order valence-corrected chi connectivity index (χ4v) is 5.29. The molecule has 0 radical (unpaired) electrons. The maximum atomic E-state index is 12.8. The minimum Gasteiger partial charge on any atom is -0.484 e. The molecule has 0 bridgehead atoms. The molecule has 158 valence electrons. The van der Waals surface area contributed by atoms with Crippen LogP contribution in [0, 0.1) is 0 Å². The van der Waals surface area contributed by atoms with Crippen molar-refractivity contribution in [1.29, 1.82) is 0 Å². The van der Waals surface area contributed by atoms with Crippen LogP contribution in [-0.2, 0) is 19.1 Å². The van der Waals surface area contributed by atoms with Gasteiger partial charge >= 0.3 is 5.97 Å². The van der Waals surface area contributed by atoms with Crippen molar-refractivity contribution in [1.82, 2.24) is 9.80 Å². The molecule has 2 saturated heterocycles. The summed E-state index contributed by atoms with van der Waals surface area (Å²) < 4.78 is 10.5. The standard InChI is InChI=1S/C21H28N2O5S/c1-2-27-20(26)9-8-18(24)22-12-10-21(11-13-22)23(14-15-29-21)19(25)16-28-17-6-4-3-5-7-17/h3-7H,2,8-16H2,1H3. The number of para-hydroxylation sites is 1. The minimum atomic E-state index is -0.337. The Morgan fingerprint density at radius 2 is 1.76 bits per heavy atom. The smallest absolute Gasteiger partial charge is 0.306 e. The molecule has 1 aromatic carbocycles. The van der Waals surface area contributed by atoms with Crippen LogP contribution in [0.5, 0.6) is 5.75 Å². The second-order valence-electron chi connectivity index (χ2n) is 7.13. The van der Waals surface area contributed by atoms with Gasteiger partial charge in [0.15, 0.2) is 6.61 Å². The number of thioether (sulfide) groups is 1. The van der Waals surface area contributed by atoms with E-state index in [1.807, 2.05) is 35.2 Å². The SMILES string of the molecule is CCOC(=O)CCC(=O)N1CCC2(CC1)SCCN2C(=O)COc1ccccc1. The first kappa shape index (κ1) is 21.5. The van der Waals surface area contributed by atoms with Gasteiger partial charge < -0.3 is 19.3 Å². The highest BCUT2D eigenvalue weighted by molar-refractivity contribution is 8.00. The predicted octanol–water partition coefficient (Wildman–Crippen LogP) is 2.30. The molecule has 0 atom stereocenters. The van der Waals surface area contributed by atoms with Crippen molar-refractivity contribution in [2.75, 3.05) is 38.6 Å². The summed E-state index contributed by atoms with van der Waals surface area (Å²) in [4.78, 5) is 40.1. The van der Waals surface area contributed by atoms with Crippen molar-refractivity contribution < 1.29 is 23.9 Å². The van der Waals surface area contributed by atoms with Gasteiger partial charge in [0.2, 0.25) is 5.91 Å². The van der Waals surface area contributed by atoms with E-state index in [1.165, 1.54) is 0 Å². The zero-order chi connectivity index (χ0) is 20.7. The van der Waals surface area contributed by atoms with Crippen LogP contribution in [-0.4, -0.2) is 71.1 Å². The molecule has 29 heavy (non-hydrogen) atoms. The first-order valence-electron chi connectivity index (χ1n) is 10.1. The van der Waals surface area contributed by atoms with Gasteiger partial charge in [-0.15, -0.1) is 11.8 Å². The summed E-state index contributed by atoms with van der Waals surface area (Å²) in [5, 5.41) is 0. The number of likely N-dealkylation sites (tertiary alicyclic amines) is 1. The maximum absolute atomic E-state index is 12.8. The lowest BCUT2D eigenvalue weighted by atomic mass is 10.0. The van der Waals surface area contributed by atoms with E-state index in [-0.39, 0.29) is 42.1 Å². The molecule has 0 aliphatic carbocycles. The second kappa shape index (κ2) is 10.0. The third-order valence-corrected chi connectivity index (χ3v) is 6.88. The number of piperidine rings is 1. The number of nitrogens with zero attached hydrogens (tertiary/aromatic N) is 2. The van der Waals surface area contributed by atoms with Crippen LogP contribution in [0.4, 0.5) is 0 Å². The van der Waals surface area contributed by atoms with Gasteiger partial charge in [-0.3, -0.25) is 14.4 Å². The molecule has 2 heterocycles. The third-order valence-electron chi connectivity index (χ3n) is 5.33. The monoisotopic (exact) mass is 420 g/mol. The van der Waals surface area contributed by atoms with Crippen molar-refractivity contribution in [3.8, 4) is 5.75 Å². The normalized spacial score (nSPS) is 18.0. The van der Waals surface area contributed by atoms with Crippen molar-refractivity contribution in [2.24, 2.45) is 0 Å². The van der Waals surface area contributed by atoms with Gasteiger partial charge in [0.25, 0.3) is 5.91 Å². The number of esters is 1. The maximum Gasteiger partial charge on any atom is 0.306 e. The summed E-state index contributed by atoms with van der Waals surface area (Å²) in [5.41, 5.74) is 0. The second-order valence-corrected chi connectivity index (χ2v) is 8.58. The summed E-state index contributed by atoms with van der Waals surface area (Å²) in [6.07, 6.45) is 1.76. The van der Waals surface area contributed by atoms with E-state index in [2.05, 4.69) is 0 Å². The topological polar surface area (TPSA) is 76.2 Å². The summed E-state index contributed by atoms with van der Waals surface area (Å²) in [7, 11) is 0. The Labute approximate surface area is 175 Å². The van der Waals surface area contributed by atoms with Crippen molar-refractivity contribution >= 4 is 29.5 Å². The first-order chi connectivity index (χ1) is 14.0. The molecule has 2 fully saturated rings. The molecule has 8 heteroatoms. The fraction of sp³-hybridized carbons (Fsp3) is 0.571. The predicted molar refractivity (Wildman–Crippen MR) is 111 cm³/mol. The van der Waals surface area contributed by atoms with E-state index < -0.39 is 0 Å². The summed E-state index contributed by atoms with van der Waals surface area (Å²) in [6.45, 7) is 4.00. The molecule has 0 unspecified atom stereocenters. The number of amides is 2. The van der Waals surface area contributed by atoms with E-state index in [0.29, 0.717) is 32.0 Å². The highest BCUT2D eigenvalue weighted by Gasteiger charge is 2.46. The number of benzene rings is 1. The Balaban J connectivity index is 1.49. The van der Waals surface area contributed by atoms with E-state index in [1.54, 1.807) is 23.6 Å². The van der Waals surface area contributed by atoms with Gasteiger partial charge in [0, 0.05) is 31.8 Å². The molecule has 1 spiro atoms. The number of hydrogen-bond acceptors (Lipinski definition) is 6. The number of carbonyl (C=O) groups is 3. The molecule has 0 saturated carbocycles.